The lowest BCUT2D eigenvalue weighted by molar-refractivity contribution is -0.121. The van der Waals surface area contributed by atoms with Crippen molar-refractivity contribution in [1.29, 1.82) is 0 Å². The van der Waals surface area contributed by atoms with Crippen LogP contribution in [0.4, 0.5) is 0 Å². The van der Waals surface area contributed by atoms with E-state index in [9.17, 15) is 14.7 Å². The second-order valence-electron chi connectivity index (χ2n) is 4.37. The lowest BCUT2D eigenvalue weighted by Gasteiger charge is -2.26. The Kier molecular flexibility index (Phi) is 3.13. The summed E-state index contributed by atoms with van der Waals surface area (Å²) < 4.78 is 0. The van der Waals surface area contributed by atoms with E-state index in [-0.39, 0.29) is 24.0 Å². The molecule has 1 aromatic carbocycles. The van der Waals surface area contributed by atoms with Crippen LogP contribution < -0.4 is 0 Å². The van der Waals surface area contributed by atoms with Gasteiger partial charge in [0.2, 0.25) is 0 Å². The molecule has 1 heterocycles. The standard InChI is InChI=1S/C13H15NO3/c1-9-7-10(15)4-5-12(9)13(17)14-6-2-3-11(16)8-14/h4-5,7,15H,2-3,6,8H2,1H3. The number of likely N-dealkylation sites (tertiary alicyclic amines) is 1. The number of phenols is 1. The normalized spacial score (nSPS) is 16.1. The van der Waals surface area contributed by atoms with Crippen molar-refractivity contribution in [3.63, 3.8) is 0 Å². The number of amides is 1. The van der Waals surface area contributed by atoms with Gasteiger partial charge in [0.05, 0.1) is 6.54 Å². The van der Waals surface area contributed by atoms with Crippen molar-refractivity contribution in [2.45, 2.75) is 19.8 Å². The van der Waals surface area contributed by atoms with Crippen molar-refractivity contribution >= 4 is 11.7 Å². The molecule has 0 unspecified atom stereocenters. The molecule has 0 spiro atoms. The van der Waals surface area contributed by atoms with Crippen LogP contribution in [-0.4, -0.2) is 34.8 Å². The maximum atomic E-state index is 12.2. The zero-order valence-electron chi connectivity index (χ0n) is 9.77. The number of Topliss-reactive ketones (excluding diaryl/α,β-unsaturated/α-hetero) is 1. The van der Waals surface area contributed by atoms with Gasteiger partial charge in [-0.1, -0.05) is 0 Å². The monoisotopic (exact) mass is 233 g/mol. The average Bonchev–Trinajstić information content (AvgIpc) is 2.28. The Balaban J connectivity index is 2.21. The van der Waals surface area contributed by atoms with E-state index in [1.54, 1.807) is 24.0 Å². The second kappa shape index (κ2) is 4.57. The molecule has 0 radical (unpaired) electrons. The van der Waals surface area contributed by atoms with Crippen LogP contribution in [0.1, 0.15) is 28.8 Å². The highest BCUT2D eigenvalue weighted by Gasteiger charge is 2.23. The van der Waals surface area contributed by atoms with Gasteiger partial charge < -0.3 is 10.0 Å². The molecule has 0 aliphatic carbocycles. The van der Waals surface area contributed by atoms with Crippen molar-refractivity contribution in [2.24, 2.45) is 0 Å². The highest BCUT2D eigenvalue weighted by atomic mass is 16.3. The summed E-state index contributed by atoms with van der Waals surface area (Å²) >= 11 is 0. The molecule has 2 rings (SSSR count). The van der Waals surface area contributed by atoms with Crippen molar-refractivity contribution < 1.29 is 14.7 Å². The first-order chi connectivity index (χ1) is 8.08. The average molecular weight is 233 g/mol. The van der Waals surface area contributed by atoms with Crippen LogP contribution in [0.2, 0.25) is 0 Å². The molecule has 1 aromatic rings. The summed E-state index contributed by atoms with van der Waals surface area (Å²) in [5.74, 6) is 0.130. The van der Waals surface area contributed by atoms with Crippen LogP contribution >= 0.6 is 0 Å². The van der Waals surface area contributed by atoms with Crippen LogP contribution in [0.3, 0.4) is 0 Å². The third kappa shape index (κ3) is 2.46. The lowest BCUT2D eigenvalue weighted by atomic mass is 10.0. The van der Waals surface area contributed by atoms with Crippen LogP contribution in [0.25, 0.3) is 0 Å². The van der Waals surface area contributed by atoms with E-state index in [1.165, 1.54) is 6.07 Å². The second-order valence-corrected chi connectivity index (χ2v) is 4.37. The Bertz CT molecular complexity index is 468. The molecule has 4 heteroatoms. The number of aromatic hydroxyl groups is 1. The third-order valence-corrected chi connectivity index (χ3v) is 2.98. The number of carbonyl (C=O) groups excluding carboxylic acids is 2. The largest absolute Gasteiger partial charge is 0.508 e. The number of hydrogen-bond acceptors (Lipinski definition) is 3. The van der Waals surface area contributed by atoms with Crippen molar-refractivity contribution in [2.75, 3.05) is 13.1 Å². The zero-order valence-corrected chi connectivity index (χ0v) is 9.77. The summed E-state index contributed by atoms with van der Waals surface area (Å²) in [7, 11) is 0. The molecular formula is C13H15NO3. The van der Waals surface area contributed by atoms with Gasteiger partial charge in [-0.15, -0.1) is 0 Å². The highest BCUT2D eigenvalue weighted by molar-refractivity contribution is 5.98. The number of ketones is 1. The van der Waals surface area contributed by atoms with Gasteiger partial charge in [-0.25, -0.2) is 0 Å². The molecule has 0 saturated carbocycles. The fourth-order valence-electron chi connectivity index (χ4n) is 2.07. The van der Waals surface area contributed by atoms with E-state index in [4.69, 9.17) is 0 Å². The Labute approximate surface area is 99.9 Å². The Morgan fingerprint density at radius 3 is 2.82 bits per heavy atom. The molecule has 1 aliphatic rings. The molecule has 1 aliphatic heterocycles. The Morgan fingerprint density at radius 1 is 1.41 bits per heavy atom. The molecular weight excluding hydrogens is 218 g/mol. The molecule has 1 saturated heterocycles. The van der Waals surface area contributed by atoms with Gasteiger partial charge in [-0.3, -0.25) is 9.59 Å². The maximum absolute atomic E-state index is 12.2. The Hall–Kier alpha value is -1.84. The van der Waals surface area contributed by atoms with Gasteiger partial charge in [0.25, 0.3) is 5.91 Å². The summed E-state index contributed by atoms with van der Waals surface area (Å²) in [5, 5.41) is 9.29. The molecule has 0 aromatic heterocycles. The molecule has 17 heavy (non-hydrogen) atoms. The predicted molar refractivity (Wildman–Crippen MR) is 63.0 cm³/mol. The van der Waals surface area contributed by atoms with Crippen molar-refractivity contribution in [1.82, 2.24) is 4.90 Å². The van der Waals surface area contributed by atoms with E-state index in [1.807, 2.05) is 0 Å². The number of hydrogen-bond donors (Lipinski definition) is 1. The summed E-state index contributed by atoms with van der Waals surface area (Å²) in [6.07, 6.45) is 1.31. The van der Waals surface area contributed by atoms with E-state index < -0.39 is 0 Å². The van der Waals surface area contributed by atoms with Gasteiger partial charge in [-0.2, -0.15) is 0 Å². The number of benzene rings is 1. The maximum Gasteiger partial charge on any atom is 0.254 e. The number of nitrogens with zero attached hydrogens (tertiary/aromatic N) is 1. The van der Waals surface area contributed by atoms with E-state index in [0.717, 1.165) is 12.0 Å². The summed E-state index contributed by atoms with van der Waals surface area (Å²) in [4.78, 5) is 25.1. The number of phenolic OH excluding ortho intramolecular Hbond substituents is 1. The molecule has 4 nitrogen and oxygen atoms in total. The predicted octanol–water partition coefficient (Wildman–Crippen LogP) is 1.51. The fourth-order valence-corrected chi connectivity index (χ4v) is 2.07. The summed E-state index contributed by atoms with van der Waals surface area (Å²) in [6.45, 7) is 2.61. The molecule has 90 valence electrons. The summed E-state index contributed by atoms with van der Waals surface area (Å²) in [5.41, 5.74) is 1.28. The smallest absolute Gasteiger partial charge is 0.254 e. The van der Waals surface area contributed by atoms with Gasteiger partial charge in [-0.05, 0) is 37.1 Å². The summed E-state index contributed by atoms with van der Waals surface area (Å²) in [6, 6.07) is 4.65. The third-order valence-electron chi connectivity index (χ3n) is 2.98. The minimum absolute atomic E-state index is 0.112. The number of aryl methyl sites for hydroxylation is 1. The quantitative estimate of drug-likeness (QED) is 0.799. The number of rotatable bonds is 1. The number of carbonyl (C=O) groups is 2. The van der Waals surface area contributed by atoms with E-state index >= 15 is 0 Å². The first-order valence-electron chi connectivity index (χ1n) is 5.68. The zero-order chi connectivity index (χ0) is 12.4. The van der Waals surface area contributed by atoms with E-state index in [2.05, 4.69) is 0 Å². The fraction of sp³-hybridized carbons (Fsp3) is 0.385. The Morgan fingerprint density at radius 2 is 2.18 bits per heavy atom. The SMILES string of the molecule is Cc1cc(O)ccc1C(=O)N1CCCC(=O)C1. The molecule has 0 bridgehead atoms. The lowest BCUT2D eigenvalue weighted by Crippen LogP contribution is -2.40. The van der Waals surface area contributed by atoms with Crippen LogP contribution in [0.5, 0.6) is 5.75 Å². The van der Waals surface area contributed by atoms with Crippen molar-refractivity contribution in [3.05, 3.63) is 29.3 Å². The van der Waals surface area contributed by atoms with Crippen LogP contribution in [-0.2, 0) is 4.79 Å². The first-order valence-corrected chi connectivity index (χ1v) is 5.68. The van der Waals surface area contributed by atoms with Gasteiger partial charge in [0.1, 0.15) is 5.75 Å². The first kappa shape index (κ1) is 11.6. The minimum Gasteiger partial charge on any atom is -0.508 e. The minimum atomic E-state index is -0.129. The van der Waals surface area contributed by atoms with Gasteiger partial charge in [0.15, 0.2) is 5.78 Å². The molecule has 1 amide bonds. The van der Waals surface area contributed by atoms with Crippen LogP contribution in [0.15, 0.2) is 18.2 Å². The van der Waals surface area contributed by atoms with Gasteiger partial charge >= 0.3 is 0 Å². The molecule has 0 atom stereocenters. The molecule has 1 fully saturated rings. The van der Waals surface area contributed by atoms with E-state index in [0.29, 0.717) is 18.5 Å². The number of piperidine rings is 1. The highest BCUT2D eigenvalue weighted by Crippen LogP contribution is 2.18. The molecule has 1 N–H and O–H groups in total. The van der Waals surface area contributed by atoms with Gasteiger partial charge in [0, 0.05) is 18.5 Å². The van der Waals surface area contributed by atoms with Crippen molar-refractivity contribution in [3.8, 4) is 5.75 Å². The van der Waals surface area contributed by atoms with Crippen LogP contribution in [0, 0.1) is 6.92 Å². The topological polar surface area (TPSA) is 57.6 Å².